The Balaban J connectivity index is 1.71. The molecule has 2 atom stereocenters. The zero-order valence-electron chi connectivity index (χ0n) is 19.3. The number of methoxy groups -OCH3 is 1. The first-order valence-electron chi connectivity index (χ1n) is 11.6. The molecule has 1 N–H and O–H groups in total. The lowest BCUT2D eigenvalue weighted by Crippen LogP contribution is -2.50. The molecule has 2 aliphatic rings. The molecule has 32 heavy (non-hydrogen) atoms. The number of ether oxygens (including phenoxy) is 2. The quantitative estimate of drug-likeness (QED) is 0.604. The summed E-state index contributed by atoms with van der Waals surface area (Å²) < 4.78 is 13.2. The summed E-state index contributed by atoms with van der Waals surface area (Å²) in [6.45, 7) is 7.44. The molecule has 172 valence electrons. The van der Waals surface area contributed by atoms with Gasteiger partial charge in [-0.15, -0.1) is 0 Å². The molecule has 8 heteroatoms. The Morgan fingerprint density at radius 1 is 1.50 bits per heavy atom. The summed E-state index contributed by atoms with van der Waals surface area (Å²) in [5.74, 6) is 0.0114. The highest BCUT2D eigenvalue weighted by atomic mass is 16.5. The average molecular weight is 440 g/mol. The highest BCUT2D eigenvalue weighted by molar-refractivity contribution is 5.89. The van der Waals surface area contributed by atoms with E-state index in [4.69, 9.17) is 14.5 Å². The van der Waals surface area contributed by atoms with Crippen molar-refractivity contribution in [3.8, 4) is 6.07 Å². The second kappa shape index (κ2) is 9.99. The third-order valence-electron chi connectivity index (χ3n) is 6.44. The fraction of sp³-hybridized carbons (Fsp3) is 0.625. The molecule has 0 bridgehead atoms. The van der Waals surface area contributed by atoms with Crippen molar-refractivity contribution in [2.75, 3.05) is 33.4 Å². The number of nitriles is 1. The summed E-state index contributed by atoms with van der Waals surface area (Å²) in [6, 6.07) is 4.36. The summed E-state index contributed by atoms with van der Waals surface area (Å²) in [4.78, 5) is 20.0. The highest BCUT2D eigenvalue weighted by Gasteiger charge is 2.40. The Bertz CT molecular complexity index is 1000. The first-order valence-corrected chi connectivity index (χ1v) is 11.6. The fourth-order valence-corrected chi connectivity index (χ4v) is 4.62. The molecule has 8 nitrogen and oxygen atoms in total. The third kappa shape index (κ3) is 4.51. The number of fused-ring (bicyclic) bond motifs is 1. The number of nitrogens with one attached hydrogen (secondary N) is 1. The summed E-state index contributed by atoms with van der Waals surface area (Å²) in [6.07, 6.45) is 5.38. The molecule has 2 aromatic rings. The van der Waals surface area contributed by atoms with Crippen LogP contribution in [-0.4, -0.2) is 65.9 Å². The molecular weight excluding hydrogens is 406 g/mol. The van der Waals surface area contributed by atoms with Crippen LogP contribution in [0.25, 0.3) is 10.9 Å². The van der Waals surface area contributed by atoms with Gasteiger partial charge in [-0.05, 0) is 44.2 Å². The maximum absolute atomic E-state index is 13.4. The Morgan fingerprint density at radius 3 is 2.94 bits per heavy atom. The van der Waals surface area contributed by atoms with Gasteiger partial charge in [-0.2, -0.15) is 5.26 Å². The summed E-state index contributed by atoms with van der Waals surface area (Å²) >= 11 is 0. The number of aryl methyl sites for hydroxylation is 2. The van der Waals surface area contributed by atoms with Crippen LogP contribution in [0.5, 0.6) is 0 Å². The van der Waals surface area contributed by atoms with Gasteiger partial charge in [-0.3, -0.25) is 4.79 Å². The standard InChI is InChI=1S/C24H33N5O3/c1-4-17-15-28(9-5-10-31-3)21-12-19(27-20(13-25)23(17)21)16(2)29(18-6-7-18)24(30)22-14-26-8-11-32-22/h12,15-16,18,22,26H,4-11,14H2,1-3H3/t16-,22-/m1/s1. The van der Waals surface area contributed by atoms with Gasteiger partial charge in [0.25, 0.3) is 5.91 Å². The molecule has 2 fully saturated rings. The monoisotopic (exact) mass is 439 g/mol. The van der Waals surface area contributed by atoms with E-state index in [9.17, 15) is 10.1 Å². The van der Waals surface area contributed by atoms with E-state index in [1.54, 1.807) is 7.11 Å². The van der Waals surface area contributed by atoms with Gasteiger partial charge >= 0.3 is 0 Å². The van der Waals surface area contributed by atoms with Crippen molar-refractivity contribution in [1.29, 1.82) is 5.26 Å². The first kappa shape index (κ1) is 22.7. The van der Waals surface area contributed by atoms with Crippen LogP contribution in [0.4, 0.5) is 0 Å². The maximum Gasteiger partial charge on any atom is 0.253 e. The van der Waals surface area contributed by atoms with Gasteiger partial charge in [0.2, 0.25) is 0 Å². The van der Waals surface area contributed by atoms with Gasteiger partial charge in [0, 0.05) is 51.0 Å². The van der Waals surface area contributed by atoms with E-state index < -0.39 is 6.10 Å². The van der Waals surface area contributed by atoms with Gasteiger partial charge in [-0.1, -0.05) is 6.92 Å². The Labute approximate surface area is 189 Å². The van der Waals surface area contributed by atoms with Crippen molar-refractivity contribution in [1.82, 2.24) is 19.8 Å². The molecule has 1 saturated heterocycles. The predicted molar refractivity (Wildman–Crippen MR) is 121 cm³/mol. The van der Waals surface area contributed by atoms with Gasteiger partial charge in [0.15, 0.2) is 0 Å². The molecule has 0 aromatic carbocycles. The van der Waals surface area contributed by atoms with Crippen molar-refractivity contribution >= 4 is 16.8 Å². The van der Waals surface area contributed by atoms with E-state index in [0.29, 0.717) is 25.5 Å². The zero-order valence-corrected chi connectivity index (χ0v) is 19.3. The van der Waals surface area contributed by atoms with Crippen LogP contribution in [0.3, 0.4) is 0 Å². The minimum absolute atomic E-state index is 0.0114. The van der Waals surface area contributed by atoms with E-state index in [1.807, 2.05) is 11.8 Å². The molecule has 1 amide bonds. The molecule has 1 saturated carbocycles. The molecule has 0 radical (unpaired) electrons. The fourth-order valence-electron chi connectivity index (χ4n) is 4.62. The van der Waals surface area contributed by atoms with Crippen LogP contribution in [0.1, 0.15) is 56.1 Å². The van der Waals surface area contributed by atoms with Crippen LogP contribution in [-0.2, 0) is 27.2 Å². The number of hydrogen-bond donors (Lipinski definition) is 1. The lowest BCUT2D eigenvalue weighted by atomic mass is 10.1. The van der Waals surface area contributed by atoms with Crippen molar-refractivity contribution in [2.45, 2.75) is 64.3 Å². The van der Waals surface area contributed by atoms with Crippen molar-refractivity contribution in [3.05, 3.63) is 29.2 Å². The minimum atomic E-state index is -0.462. The molecule has 4 rings (SSSR count). The summed E-state index contributed by atoms with van der Waals surface area (Å²) in [5, 5.41) is 14.1. The first-order chi connectivity index (χ1) is 15.6. The molecular formula is C24H33N5O3. The normalized spacial score (nSPS) is 19.6. The Hall–Kier alpha value is -2.47. The number of carbonyl (C=O) groups excluding carboxylic acids is 1. The number of pyridine rings is 1. The van der Waals surface area contributed by atoms with Crippen molar-refractivity contribution < 1.29 is 14.3 Å². The molecule has 1 aliphatic heterocycles. The van der Waals surface area contributed by atoms with E-state index in [1.165, 1.54) is 0 Å². The van der Waals surface area contributed by atoms with E-state index >= 15 is 0 Å². The summed E-state index contributed by atoms with van der Waals surface area (Å²) in [5.41, 5.74) is 3.32. The van der Waals surface area contributed by atoms with Gasteiger partial charge in [0.05, 0.1) is 23.9 Å². The number of hydrogen-bond acceptors (Lipinski definition) is 6. The van der Waals surface area contributed by atoms with E-state index in [2.05, 4.69) is 35.1 Å². The zero-order chi connectivity index (χ0) is 22.7. The van der Waals surface area contributed by atoms with Crippen molar-refractivity contribution in [3.63, 3.8) is 0 Å². The van der Waals surface area contributed by atoms with Gasteiger partial charge < -0.3 is 24.3 Å². The summed E-state index contributed by atoms with van der Waals surface area (Å²) in [7, 11) is 1.71. The number of aromatic nitrogens is 2. The van der Waals surface area contributed by atoms with Crippen LogP contribution < -0.4 is 5.32 Å². The molecule has 1 aliphatic carbocycles. The average Bonchev–Trinajstić information content (AvgIpc) is 3.60. The van der Waals surface area contributed by atoms with Crippen LogP contribution in [0.2, 0.25) is 0 Å². The second-order valence-corrected chi connectivity index (χ2v) is 8.67. The van der Waals surface area contributed by atoms with Crippen LogP contribution in [0, 0.1) is 11.3 Å². The number of carbonyl (C=O) groups is 1. The van der Waals surface area contributed by atoms with Crippen LogP contribution in [0.15, 0.2) is 12.3 Å². The molecule has 2 aromatic heterocycles. The second-order valence-electron chi connectivity index (χ2n) is 8.67. The lowest BCUT2D eigenvalue weighted by Gasteiger charge is -2.34. The maximum atomic E-state index is 13.4. The minimum Gasteiger partial charge on any atom is -0.385 e. The smallest absolute Gasteiger partial charge is 0.253 e. The largest absolute Gasteiger partial charge is 0.385 e. The number of amides is 1. The van der Waals surface area contributed by atoms with Crippen LogP contribution >= 0.6 is 0 Å². The number of rotatable bonds is 9. The third-order valence-corrected chi connectivity index (χ3v) is 6.44. The van der Waals surface area contributed by atoms with E-state index in [-0.39, 0.29) is 18.0 Å². The van der Waals surface area contributed by atoms with Crippen molar-refractivity contribution in [2.24, 2.45) is 0 Å². The van der Waals surface area contributed by atoms with Gasteiger partial charge in [0.1, 0.15) is 17.9 Å². The Kier molecular flexibility index (Phi) is 7.09. The Morgan fingerprint density at radius 2 is 2.31 bits per heavy atom. The lowest BCUT2D eigenvalue weighted by molar-refractivity contribution is -0.148. The van der Waals surface area contributed by atoms with Gasteiger partial charge in [-0.25, -0.2) is 4.98 Å². The molecule has 0 spiro atoms. The number of morpholine rings is 1. The number of nitrogens with zero attached hydrogens (tertiary/aromatic N) is 4. The molecule has 0 unspecified atom stereocenters. The highest BCUT2D eigenvalue weighted by Crippen LogP contribution is 2.36. The SMILES string of the molecule is CCc1cn(CCCOC)c2cc([C@@H](C)N(C(=O)[C@H]3CNCCO3)C3CC3)nc(C#N)c12. The topological polar surface area (TPSA) is 92.4 Å². The molecule has 3 heterocycles. The van der Waals surface area contributed by atoms with E-state index in [0.717, 1.165) is 60.9 Å². The predicted octanol–water partition coefficient (Wildman–Crippen LogP) is 2.55.